The molecular formula is C12H11FN4O3. The van der Waals surface area contributed by atoms with E-state index in [1.54, 1.807) is 13.8 Å². The molecule has 2 N–H and O–H groups in total. The number of rotatable bonds is 3. The number of hydrogen-bond donors (Lipinski definition) is 1. The van der Waals surface area contributed by atoms with Crippen LogP contribution in [0.5, 0.6) is 11.6 Å². The van der Waals surface area contributed by atoms with Gasteiger partial charge in [-0.05, 0) is 19.9 Å². The maximum absolute atomic E-state index is 13.7. The number of nitrogens with zero attached hydrogens (tertiary/aromatic N) is 3. The fourth-order valence-corrected chi connectivity index (χ4v) is 1.56. The highest BCUT2D eigenvalue weighted by Gasteiger charge is 2.22. The molecule has 0 aliphatic heterocycles. The SMILES string of the molecule is Cc1nc(N)c(C)c(Oc2c(F)cccc2[N+](=O)[O-])n1. The fraction of sp³-hybridized carbons (Fsp3) is 0.167. The molecule has 1 heterocycles. The Kier molecular flexibility index (Phi) is 3.47. The molecule has 0 radical (unpaired) electrons. The van der Waals surface area contributed by atoms with E-state index in [1.165, 1.54) is 6.07 Å². The number of ether oxygens (including phenoxy) is 1. The summed E-state index contributed by atoms with van der Waals surface area (Å²) in [5.74, 6) is -0.872. The third kappa shape index (κ3) is 2.48. The van der Waals surface area contributed by atoms with Crippen molar-refractivity contribution in [2.45, 2.75) is 13.8 Å². The Labute approximate surface area is 113 Å². The van der Waals surface area contributed by atoms with Gasteiger partial charge in [0, 0.05) is 6.07 Å². The van der Waals surface area contributed by atoms with Crippen LogP contribution >= 0.6 is 0 Å². The van der Waals surface area contributed by atoms with Crippen LogP contribution in [0.25, 0.3) is 0 Å². The van der Waals surface area contributed by atoms with E-state index < -0.39 is 22.2 Å². The monoisotopic (exact) mass is 278 g/mol. The first-order valence-corrected chi connectivity index (χ1v) is 5.61. The van der Waals surface area contributed by atoms with Crippen molar-refractivity contribution in [1.29, 1.82) is 0 Å². The number of nitro benzene ring substituents is 1. The fourth-order valence-electron chi connectivity index (χ4n) is 1.56. The number of hydrogen-bond acceptors (Lipinski definition) is 6. The van der Waals surface area contributed by atoms with Crippen LogP contribution in [0.1, 0.15) is 11.4 Å². The van der Waals surface area contributed by atoms with E-state index >= 15 is 0 Å². The van der Waals surface area contributed by atoms with Crippen LogP contribution in [-0.2, 0) is 0 Å². The van der Waals surface area contributed by atoms with Gasteiger partial charge in [-0.15, -0.1) is 0 Å². The lowest BCUT2D eigenvalue weighted by Crippen LogP contribution is -2.04. The number of aryl methyl sites for hydroxylation is 1. The van der Waals surface area contributed by atoms with E-state index in [0.29, 0.717) is 11.4 Å². The molecule has 0 amide bonds. The third-order valence-electron chi connectivity index (χ3n) is 2.59. The summed E-state index contributed by atoms with van der Waals surface area (Å²) in [4.78, 5) is 18.0. The van der Waals surface area contributed by atoms with Crippen molar-refractivity contribution < 1.29 is 14.1 Å². The zero-order valence-corrected chi connectivity index (χ0v) is 10.8. The summed E-state index contributed by atoms with van der Waals surface area (Å²) in [6.45, 7) is 3.16. The Morgan fingerprint density at radius 1 is 1.35 bits per heavy atom. The van der Waals surface area contributed by atoms with Gasteiger partial charge in [0.1, 0.15) is 11.6 Å². The molecule has 0 atom stereocenters. The van der Waals surface area contributed by atoms with Crippen LogP contribution in [0.2, 0.25) is 0 Å². The van der Waals surface area contributed by atoms with Crippen LogP contribution in [-0.4, -0.2) is 14.9 Å². The molecule has 0 aliphatic rings. The summed E-state index contributed by atoms with van der Waals surface area (Å²) >= 11 is 0. The molecule has 0 spiro atoms. The molecular weight excluding hydrogens is 267 g/mol. The number of para-hydroxylation sites is 1. The summed E-state index contributed by atoms with van der Waals surface area (Å²) in [6, 6.07) is 3.44. The van der Waals surface area contributed by atoms with Gasteiger partial charge in [0.25, 0.3) is 0 Å². The van der Waals surface area contributed by atoms with Crippen LogP contribution < -0.4 is 10.5 Å². The Hall–Kier alpha value is -2.77. The Balaban J connectivity index is 2.53. The van der Waals surface area contributed by atoms with Crippen molar-refractivity contribution in [3.05, 3.63) is 45.5 Å². The second-order valence-electron chi connectivity index (χ2n) is 4.03. The number of anilines is 1. The largest absolute Gasteiger partial charge is 0.428 e. The first-order valence-electron chi connectivity index (χ1n) is 5.61. The van der Waals surface area contributed by atoms with E-state index in [9.17, 15) is 14.5 Å². The summed E-state index contributed by atoms with van der Waals surface area (Å²) in [5.41, 5.74) is 5.55. The lowest BCUT2D eigenvalue weighted by molar-refractivity contribution is -0.385. The molecule has 1 aromatic heterocycles. The van der Waals surface area contributed by atoms with Crippen molar-refractivity contribution in [1.82, 2.24) is 9.97 Å². The molecule has 2 aromatic rings. The molecule has 0 unspecified atom stereocenters. The zero-order valence-electron chi connectivity index (χ0n) is 10.8. The minimum atomic E-state index is -0.853. The molecule has 0 fully saturated rings. The summed E-state index contributed by atoms with van der Waals surface area (Å²) in [6.07, 6.45) is 0. The number of halogens is 1. The van der Waals surface area contributed by atoms with Gasteiger partial charge in [-0.3, -0.25) is 10.1 Å². The first-order chi connectivity index (χ1) is 9.40. The lowest BCUT2D eigenvalue weighted by Gasteiger charge is -2.10. The molecule has 7 nitrogen and oxygen atoms in total. The smallest absolute Gasteiger partial charge is 0.314 e. The predicted molar refractivity (Wildman–Crippen MR) is 69.0 cm³/mol. The van der Waals surface area contributed by atoms with Crippen LogP contribution in [0.15, 0.2) is 18.2 Å². The normalized spacial score (nSPS) is 10.3. The molecule has 8 heteroatoms. The quantitative estimate of drug-likeness (QED) is 0.683. The highest BCUT2D eigenvalue weighted by atomic mass is 19.1. The maximum atomic E-state index is 13.7. The second-order valence-corrected chi connectivity index (χ2v) is 4.03. The second kappa shape index (κ2) is 5.08. The highest BCUT2D eigenvalue weighted by Crippen LogP contribution is 2.34. The van der Waals surface area contributed by atoms with Crippen LogP contribution in [0.3, 0.4) is 0 Å². The van der Waals surface area contributed by atoms with Crippen molar-refractivity contribution in [2.75, 3.05) is 5.73 Å². The minimum absolute atomic E-state index is 0.0109. The van der Waals surface area contributed by atoms with Gasteiger partial charge in [-0.25, -0.2) is 9.37 Å². The Morgan fingerprint density at radius 2 is 2.05 bits per heavy atom. The molecule has 0 bridgehead atoms. The molecule has 0 saturated carbocycles. The van der Waals surface area contributed by atoms with E-state index in [4.69, 9.17) is 10.5 Å². The van der Waals surface area contributed by atoms with E-state index in [2.05, 4.69) is 9.97 Å². The molecule has 2 rings (SSSR count). The van der Waals surface area contributed by atoms with Crippen molar-refractivity contribution in [3.63, 3.8) is 0 Å². The Bertz CT molecular complexity index is 691. The number of nitrogens with two attached hydrogens (primary N) is 1. The van der Waals surface area contributed by atoms with Gasteiger partial charge in [0.2, 0.25) is 11.6 Å². The van der Waals surface area contributed by atoms with Crippen molar-refractivity contribution >= 4 is 11.5 Å². The maximum Gasteiger partial charge on any atom is 0.314 e. The van der Waals surface area contributed by atoms with E-state index in [0.717, 1.165) is 12.1 Å². The lowest BCUT2D eigenvalue weighted by atomic mass is 10.3. The Morgan fingerprint density at radius 3 is 2.70 bits per heavy atom. The average molecular weight is 278 g/mol. The van der Waals surface area contributed by atoms with Gasteiger partial charge < -0.3 is 10.5 Å². The zero-order chi connectivity index (χ0) is 14.9. The number of nitrogen functional groups attached to an aromatic ring is 1. The topological polar surface area (TPSA) is 104 Å². The number of benzene rings is 1. The number of aromatic nitrogens is 2. The van der Waals surface area contributed by atoms with E-state index in [-0.39, 0.29) is 11.7 Å². The standard InChI is InChI=1S/C12H11FN4O3/c1-6-11(14)15-7(2)16-12(6)20-10-8(13)4-3-5-9(10)17(18)19/h3-5H,1-2H3,(H2,14,15,16). The van der Waals surface area contributed by atoms with Gasteiger partial charge in [-0.1, -0.05) is 6.07 Å². The van der Waals surface area contributed by atoms with Gasteiger partial charge in [0.15, 0.2) is 5.82 Å². The van der Waals surface area contributed by atoms with Gasteiger partial charge >= 0.3 is 5.69 Å². The minimum Gasteiger partial charge on any atom is -0.428 e. The summed E-state index contributed by atoms with van der Waals surface area (Å²) in [5, 5.41) is 10.9. The molecule has 1 aromatic carbocycles. The average Bonchev–Trinajstić information content (AvgIpc) is 2.37. The van der Waals surface area contributed by atoms with Gasteiger partial charge in [-0.2, -0.15) is 4.98 Å². The van der Waals surface area contributed by atoms with Crippen LogP contribution in [0.4, 0.5) is 15.9 Å². The van der Waals surface area contributed by atoms with Gasteiger partial charge in [0.05, 0.1) is 10.5 Å². The first kappa shape index (κ1) is 13.7. The summed E-state index contributed by atoms with van der Waals surface area (Å²) < 4.78 is 19.0. The molecule has 104 valence electrons. The molecule has 0 aliphatic carbocycles. The van der Waals surface area contributed by atoms with Crippen molar-refractivity contribution in [2.24, 2.45) is 0 Å². The highest BCUT2D eigenvalue weighted by molar-refractivity contribution is 5.51. The van der Waals surface area contributed by atoms with Crippen LogP contribution in [0, 0.1) is 29.8 Å². The molecule has 20 heavy (non-hydrogen) atoms. The number of nitro groups is 1. The van der Waals surface area contributed by atoms with Crippen molar-refractivity contribution in [3.8, 4) is 11.6 Å². The summed E-state index contributed by atoms with van der Waals surface area (Å²) in [7, 11) is 0. The van der Waals surface area contributed by atoms with E-state index in [1.807, 2.05) is 0 Å². The third-order valence-corrected chi connectivity index (χ3v) is 2.59. The predicted octanol–water partition coefficient (Wildman–Crippen LogP) is 2.52. The molecule has 0 saturated heterocycles.